The number of aromatic nitrogens is 3. The number of morpholine rings is 1. The van der Waals surface area contributed by atoms with E-state index in [1.807, 2.05) is 13.8 Å². The molecule has 4 aromatic rings. The van der Waals surface area contributed by atoms with Gasteiger partial charge in [-0.3, -0.25) is 19.1 Å². The fraction of sp³-hybridized carbons (Fsp3) is 0.310. The summed E-state index contributed by atoms with van der Waals surface area (Å²) < 4.78 is 21.7. The van der Waals surface area contributed by atoms with Gasteiger partial charge in [0, 0.05) is 53.6 Å². The summed E-state index contributed by atoms with van der Waals surface area (Å²) in [7, 11) is 0. The third-order valence-corrected chi connectivity index (χ3v) is 6.73. The molecule has 10 heteroatoms. The van der Waals surface area contributed by atoms with Crippen LogP contribution in [0.15, 0.2) is 59.5 Å². The van der Waals surface area contributed by atoms with E-state index < -0.39 is 11.4 Å². The molecule has 0 spiro atoms. The van der Waals surface area contributed by atoms with Crippen molar-refractivity contribution in [2.45, 2.75) is 33.0 Å². The second-order valence-corrected chi connectivity index (χ2v) is 10.3. The van der Waals surface area contributed by atoms with E-state index in [4.69, 9.17) is 16.3 Å². The maximum absolute atomic E-state index is 15.0. The van der Waals surface area contributed by atoms with Crippen LogP contribution in [0.25, 0.3) is 33.5 Å². The lowest BCUT2D eigenvalue weighted by Crippen LogP contribution is -2.37. The molecular weight excluding hydrogens is 521 g/mol. The number of amides is 1. The van der Waals surface area contributed by atoms with Crippen LogP contribution in [0.1, 0.15) is 19.4 Å². The lowest BCUT2D eigenvalue weighted by Gasteiger charge is -2.26. The molecule has 1 amide bonds. The first kappa shape index (κ1) is 26.9. The van der Waals surface area contributed by atoms with Gasteiger partial charge in [-0.25, -0.2) is 14.4 Å². The number of hydrogen-bond acceptors (Lipinski definition) is 6. The van der Waals surface area contributed by atoms with E-state index in [0.29, 0.717) is 41.5 Å². The quantitative estimate of drug-likeness (QED) is 0.370. The number of halogens is 2. The van der Waals surface area contributed by atoms with Crippen LogP contribution in [0.2, 0.25) is 5.02 Å². The summed E-state index contributed by atoms with van der Waals surface area (Å²) in [5, 5.41) is 3.47. The average molecular weight is 550 g/mol. The van der Waals surface area contributed by atoms with Gasteiger partial charge in [0.2, 0.25) is 5.91 Å². The third kappa shape index (κ3) is 6.16. The molecule has 1 N–H and O–H groups in total. The molecule has 1 fully saturated rings. The number of nitrogens with zero attached hydrogens (tertiary/aromatic N) is 4. The highest BCUT2D eigenvalue weighted by molar-refractivity contribution is 6.30. The number of fused-ring (bicyclic) bond motifs is 1. The summed E-state index contributed by atoms with van der Waals surface area (Å²) in [6.07, 6.45) is 1.52. The lowest BCUT2D eigenvalue weighted by atomic mass is 10.0. The molecule has 39 heavy (non-hydrogen) atoms. The molecule has 1 aliphatic rings. The number of carbonyl (C=O) groups excluding carboxylic acids is 1. The van der Waals surface area contributed by atoms with Gasteiger partial charge in [0.1, 0.15) is 18.2 Å². The number of nitrogens with one attached hydrogen (secondary N) is 1. The van der Waals surface area contributed by atoms with Crippen molar-refractivity contribution in [3.8, 4) is 22.5 Å². The van der Waals surface area contributed by atoms with Crippen LogP contribution in [-0.2, 0) is 22.6 Å². The van der Waals surface area contributed by atoms with Crippen molar-refractivity contribution in [2.75, 3.05) is 26.3 Å². The van der Waals surface area contributed by atoms with E-state index in [-0.39, 0.29) is 35.4 Å². The van der Waals surface area contributed by atoms with Gasteiger partial charge in [0.05, 0.1) is 18.6 Å². The molecule has 2 aromatic heterocycles. The molecule has 0 bridgehead atoms. The molecule has 0 saturated carbocycles. The van der Waals surface area contributed by atoms with Crippen LogP contribution in [-0.4, -0.2) is 57.7 Å². The molecule has 1 saturated heterocycles. The highest BCUT2D eigenvalue weighted by Crippen LogP contribution is 2.27. The summed E-state index contributed by atoms with van der Waals surface area (Å²) >= 11 is 6.20. The maximum atomic E-state index is 15.0. The van der Waals surface area contributed by atoms with Crippen molar-refractivity contribution in [1.29, 1.82) is 0 Å². The van der Waals surface area contributed by atoms with Gasteiger partial charge >= 0.3 is 0 Å². The molecule has 0 unspecified atom stereocenters. The van der Waals surface area contributed by atoms with Crippen LogP contribution in [0.5, 0.6) is 0 Å². The Balaban J connectivity index is 1.59. The van der Waals surface area contributed by atoms with Gasteiger partial charge in [-0.05, 0) is 49.7 Å². The van der Waals surface area contributed by atoms with Crippen molar-refractivity contribution in [1.82, 2.24) is 24.8 Å². The van der Waals surface area contributed by atoms with Crippen molar-refractivity contribution in [3.63, 3.8) is 0 Å². The Morgan fingerprint density at radius 2 is 1.92 bits per heavy atom. The van der Waals surface area contributed by atoms with Crippen molar-refractivity contribution in [3.05, 3.63) is 81.5 Å². The standard InChI is InChI=1S/C29H29ClFN5O3/c1-18(2)33-26(37)17-36-28(20-4-3-5-22(30)13-20)34-27-24(29(36)38)14-21(15-32-27)23-12-19(6-7-25(23)31)16-35-8-10-39-11-9-35/h3-7,12-15,18H,8-11,16-17H2,1-2H3,(H,33,37). The number of carbonyl (C=O) groups is 1. The molecular formula is C29H29ClFN5O3. The second-order valence-electron chi connectivity index (χ2n) is 9.86. The number of pyridine rings is 1. The summed E-state index contributed by atoms with van der Waals surface area (Å²) in [6.45, 7) is 7.09. The Morgan fingerprint density at radius 1 is 1.13 bits per heavy atom. The molecule has 5 rings (SSSR count). The largest absolute Gasteiger partial charge is 0.379 e. The number of rotatable bonds is 7. The first-order chi connectivity index (χ1) is 18.8. The predicted molar refractivity (Wildman–Crippen MR) is 149 cm³/mol. The number of benzene rings is 2. The molecule has 2 aromatic carbocycles. The van der Waals surface area contributed by atoms with Crippen LogP contribution >= 0.6 is 11.6 Å². The van der Waals surface area contributed by atoms with Gasteiger partial charge in [-0.15, -0.1) is 0 Å². The first-order valence-corrected chi connectivity index (χ1v) is 13.2. The Kier molecular flexibility index (Phi) is 8.02. The fourth-order valence-electron chi connectivity index (χ4n) is 4.67. The summed E-state index contributed by atoms with van der Waals surface area (Å²) in [6, 6.07) is 13.4. The summed E-state index contributed by atoms with van der Waals surface area (Å²) in [5.41, 5.74) is 2.07. The molecule has 0 aliphatic carbocycles. The zero-order valence-corrected chi connectivity index (χ0v) is 22.5. The Labute approximate surface area is 230 Å². The van der Waals surface area contributed by atoms with Gasteiger partial charge in [-0.1, -0.05) is 29.8 Å². The van der Waals surface area contributed by atoms with Crippen molar-refractivity contribution in [2.24, 2.45) is 0 Å². The Bertz CT molecular complexity index is 1580. The van der Waals surface area contributed by atoms with Gasteiger partial charge in [-0.2, -0.15) is 0 Å². The van der Waals surface area contributed by atoms with Gasteiger partial charge < -0.3 is 10.1 Å². The van der Waals surface area contributed by atoms with Gasteiger partial charge in [0.15, 0.2) is 5.65 Å². The van der Waals surface area contributed by atoms with Crippen LogP contribution in [0.4, 0.5) is 4.39 Å². The lowest BCUT2D eigenvalue weighted by molar-refractivity contribution is -0.122. The Hall–Kier alpha value is -3.66. The van der Waals surface area contributed by atoms with Crippen LogP contribution in [0, 0.1) is 5.82 Å². The molecule has 202 valence electrons. The van der Waals surface area contributed by atoms with Crippen molar-refractivity contribution >= 4 is 28.5 Å². The van der Waals surface area contributed by atoms with Crippen LogP contribution in [0.3, 0.4) is 0 Å². The normalized spacial score (nSPS) is 14.2. The third-order valence-electron chi connectivity index (χ3n) is 6.50. The topological polar surface area (TPSA) is 89.3 Å². The predicted octanol–water partition coefficient (Wildman–Crippen LogP) is 4.27. The highest BCUT2D eigenvalue weighted by Gasteiger charge is 2.19. The van der Waals surface area contributed by atoms with E-state index in [2.05, 4.69) is 20.2 Å². The molecule has 0 radical (unpaired) electrons. The molecule has 3 heterocycles. The minimum Gasteiger partial charge on any atom is -0.379 e. The molecule has 1 aliphatic heterocycles. The van der Waals surface area contributed by atoms with E-state index in [9.17, 15) is 9.59 Å². The van der Waals surface area contributed by atoms with E-state index >= 15 is 4.39 Å². The maximum Gasteiger partial charge on any atom is 0.263 e. The number of ether oxygens (including phenoxy) is 1. The summed E-state index contributed by atoms with van der Waals surface area (Å²) in [5.74, 6) is -0.475. The average Bonchev–Trinajstić information content (AvgIpc) is 2.91. The second kappa shape index (κ2) is 11.6. The zero-order chi connectivity index (χ0) is 27.5. The SMILES string of the molecule is CC(C)NC(=O)Cn1c(-c2cccc(Cl)c2)nc2ncc(-c3cc(CN4CCOCC4)ccc3F)cc2c1=O. The van der Waals surface area contributed by atoms with E-state index in [1.54, 1.807) is 42.5 Å². The van der Waals surface area contributed by atoms with E-state index in [0.717, 1.165) is 18.7 Å². The van der Waals surface area contributed by atoms with E-state index in [1.165, 1.54) is 16.8 Å². The fourth-order valence-corrected chi connectivity index (χ4v) is 4.86. The minimum absolute atomic E-state index is 0.0998. The molecule has 8 nitrogen and oxygen atoms in total. The summed E-state index contributed by atoms with van der Waals surface area (Å²) in [4.78, 5) is 37.8. The van der Waals surface area contributed by atoms with Crippen molar-refractivity contribution < 1.29 is 13.9 Å². The monoisotopic (exact) mass is 549 g/mol. The zero-order valence-electron chi connectivity index (χ0n) is 21.8. The van der Waals surface area contributed by atoms with Gasteiger partial charge in [0.25, 0.3) is 5.56 Å². The smallest absolute Gasteiger partial charge is 0.263 e. The number of hydrogen-bond donors (Lipinski definition) is 1. The minimum atomic E-state index is -0.451. The Morgan fingerprint density at radius 3 is 2.67 bits per heavy atom. The highest BCUT2D eigenvalue weighted by atomic mass is 35.5. The van der Waals surface area contributed by atoms with Crippen LogP contribution < -0.4 is 10.9 Å². The first-order valence-electron chi connectivity index (χ1n) is 12.8. The molecule has 0 atom stereocenters.